The predicted octanol–water partition coefficient (Wildman–Crippen LogP) is 3.60. The quantitative estimate of drug-likeness (QED) is 0.564. The minimum absolute atomic E-state index is 0.0307. The van der Waals surface area contributed by atoms with Crippen LogP contribution in [-0.4, -0.2) is 16.4 Å². The Hall–Kier alpha value is -2.93. The van der Waals surface area contributed by atoms with E-state index in [-0.39, 0.29) is 11.4 Å². The number of nitrogen functional groups attached to an aromatic ring is 1. The van der Waals surface area contributed by atoms with Crippen molar-refractivity contribution in [3.8, 4) is 17.2 Å². The van der Waals surface area contributed by atoms with Gasteiger partial charge >= 0.3 is 0 Å². The highest BCUT2D eigenvalue weighted by Gasteiger charge is 2.15. The van der Waals surface area contributed by atoms with Crippen LogP contribution < -0.4 is 15.2 Å². The number of rotatable bonds is 4. The second kappa shape index (κ2) is 6.29. The summed E-state index contributed by atoms with van der Waals surface area (Å²) in [5, 5.41) is 9.78. The van der Waals surface area contributed by atoms with E-state index in [1.165, 1.54) is 19.2 Å². The van der Waals surface area contributed by atoms with E-state index >= 15 is 0 Å². The van der Waals surface area contributed by atoms with E-state index in [1.54, 1.807) is 18.2 Å². The first-order valence-corrected chi connectivity index (χ1v) is 7.10. The van der Waals surface area contributed by atoms with Crippen LogP contribution in [-0.2, 0) is 0 Å². The van der Waals surface area contributed by atoms with Crippen molar-refractivity contribution >= 4 is 16.6 Å². The molecule has 1 unspecified atom stereocenters. The molecule has 0 saturated heterocycles. The average molecular weight is 332 g/mol. The van der Waals surface area contributed by atoms with Crippen molar-refractivity contribution < 1.29 is 23.4 Å². The molecule has 0 amide bonds. The van der Waals surface area contributed by atoms with Crippen LogP contribution in [0.4, 0.5) is 14.5 Å². The molecule has 5 nitrogen and oxygen atoms in total. The summed E-state index contributed by atoms with van der Waals surface area (Å²) >= 11 is 0. The minimum atomic E-state index is -0.972. The van der Waals surface area contributed by atoms with Gasteiger partial charge in [0, 0.05) is 35.5 Å². The number of halogens is 2. The molecule has 3 aromatic rings. The molecule has 1 atom stereocenters. The molecule has 3 N–H and O–H groups in total. The summed E-state index contributed by atoms with van der Waals surface area (Å²) in [6, 6.07) is 8.27. The maximum absolute atomic E-state index is 13.9. The lowest BCUT2D eigenvalue weighted by Gasteiger charge is -2.12. The molecule has 24 heavy (non-hydrogen) atoms. The van der Waals surface area contributed by atoms with Crippen molar-refractivity contribution in [1.82, 2.24) is 4.98 Å². The fourth-order valence-electron chi connectivity index (χ4n) is 2.25. The van der Waals surface area contributed by atoms with Gasteiger partial charge in [-0.25, -0.2) is 8.78 Å². The van der Waals surface area contributed by atoms with Gasteiger partial charge < -0.3 is 20.3 Å². The van der Waals surface area contributed by atoms with Gasteiger partial charge in [-0.15, -0.1) is 0 Å². The molecule has 0 fully saturated rings. The Morgan fingerprint density at radius 2 is 1.83 bits per heavy atom. The number of hydrogen-bond acceptors (Lipinski definition) is 5. The Balaban J connectivity index is 2.01. The van der Waals surface area contributed by atoms with E-state index in [2.05, 4.69) is 4.98 Å². The van der Waals surface area contributed by atoms with Crippen LogP contribution in [0.15, 0.2) is 42.6 Å². The van der Waals surface area contributed by atoms with Crippen molar-refractivity contribution in [2.75, 3.05) is 5.73 Å². The second-order valence-corrected chi connectivity index (χ2v) is 5.12. The van der Waals surface area contributed by atoms with Gasteiger partial charge in [-0.2, -0.15) is 0 Å². The Morgan fingerprint density at radius 1 is 1.12 bits per heavy atom. The molecule has 0 bridgehead atoms. The molecular formula is C17H14F2N2O3. The van der Waals surface area contributed by atoms with Gasteiger partial charge in [-0.1, -0.05) is 0 Å². The first-order valence-electron chi connectivity index (χ1n) is 7.10. The number of hydrogen-bond donors (Lipinski definition) is 2. The van der Waals surface area contributed by atoms with Crippen molar-refractivity contribution in [2.45, 2.75) is 13.2 Å². The Bertz CT molecular complexity index is 877. The lowest BCUT2D eigenvalue weighted by Crippen LogP contribution is -2.09. The maximum atomic E-state index is 13.9. The number of anilines is 1. The van der Waals surface area contributed by atoms with E-state index in [0.29, 0.717) is 16.7 Å². The highest BCUT2D eigenvalue weighted by Crippen LogP contribution is 2.34. The summed E-state index contributed by atoms with van der Waals surface area (Å²) < 4.78 is 38.4. The van der Waals surface area contributed by atoms with Crippen molar-refractivity contribution in [3.63, 3.8) is 0 Å². The molecular weight excluding hydrogens is 318 g/mol. The summed E-state index contributed by atoms with van der Waals surface area (Å²) in [6.45, 7) is 1.48. The first-order chi connectivity index (χ1) is 11.4. The Kier molecular flexibility index (Phi) is 4.18. The van der Waals surface area contributed by atoms with E-state index in [0.717, 1.165) is 12.1 Å². The summed E-state index contributed by atoms with van der Waals surface area (Å²) in [4.78, 5) is 4.16. The predicted molar refractivity (Wildman–Crippen MR) is 84.9 cm³/mol. The van der Waals surface area contributed by atoms with Crippen LogP contribution in [0.1, 0.15) is 6.92 Å². The number of pyridine rings is 1. The van der Waals surface area contributed by atoms with Crippen LogP contribution in [0.3, 0.4) is 0 Å². The van der Waals surface area contributed by atoms with Crippen molar-refractivity contribution in [2.24, 2.45) is 0 Å². The maximum Gasteiger partial charge on any atom is 0.198 e. The topological polar surface area (TPSA) is 77.6 Å². The average Bonchev–Trinajstić information content (AvgIpc) is 2.50. The second-order valence-electron chi connectivity index (χ2n) is 5.12. The van der Waals surface area contributed by atoms with Crippen LogP contribution in [0, 0.1) is 11.6 Å². The van der Waals surface area contributed by atoms with Gasteiger partial charge in [0.05, 0.1) is 5.52 Å². The van der Waals surface area contributed by atoms with E-state index < -0.39 is 23.7 Å². The standard InChI is InChI=1S/C17H14F2N2O3/c1-9(22)23-11-2-3-12-15(8-11)21-5-4-16(12)24-17-13(18)6-10(20)7-14(17)19/h2-9,22H,20H2,1H3. The molecule has 7 heteroatoms. The lowest BCUT2D eigenvalue weighted by atomic mass is 10.2. The number of benzene rings is 2. The molecule has 0 aliphatic rings. The summed E-state index contributed by atoms with van der Waals surface area (Å²) in [6.07, 6.45) is 0.469. The van der Waals surface area contributed by atoms with Crippen molar-refractivity contribution in [3.05, 3.63) is 54.2 Å². The normalized spacial score (nSPS) is 12.2. The largest absolute Gasteiger partial charge is 0.465 e. The lowest BCUT2D eigenvalue weighted by molar-refractivity contribution is -0.000193. The minimum Gasteiger partial charge on any atom is -0.465 e. The number of fused-ring (bicyclic) bond motifs is 1. The van der Waals surface area contributed by atoms with Gasteiger partial charge in [-0.3, -0.25) is 4.98 Å². The summed E-state index contributed by atoms with van der Waals surface area (Å²) in [5.41, 5.74) is 5.85. The third kappa shape index (κ3) is 3.21. The number of aliphatic hydroxyl groups is 1. The third-order valence-corrected chi connectivity index (χ3v) is 3.21. The van der Waals surface area contributed by atoms with Gasteiger partial charge in [0.15, 0.2) is 23.7 Å². The van der Waals surface area contributed by atoms with Gasteiger partial charge in [0.1, 0.15) is 11.5 Å². The molecule has 2 aromatic carbocycles. The molecule has 0 saturated carbocycles. The molecule has 124 valence electrons. The van der Waals surface area contributed by atoms with Gasteiger partial charge in [0.2, 0.25) is 0 Å². The summed E-state index contributed by atoms with van der Waals surface area (Å²) in [5.74, 6) is -1.70. The Morgan fingerprint density at radius 3 is 2.50 bits per heavy atom. The smallest absolute Gasteiger partial charge is 0.198 e. The molecule has 0 aliphatic heterocycles. The SMILES string of the molecule is CC(O)Oc1ccc2c(Oc3c(F)cc(N)cc3F)ccnc2c1. The number of aromatic nitrogens is 1. The fourth-order valence-corrected chi connectivity index (χ4v) is 2.25. The zero-order valence-corrected chi connectivity index (χ0v) is 12.7. The van der Waals surface area contributed by atoms with Crippen LogP contribution >= 0.6 is 0 Å². The zero-order chi connectivity index (χ0) is 17.3. The zero-order valence-electron chi connectivity index (χ0n) is 12.7. The van der Waals surface area contributed by atoms with E-state index in [1.807, 2.05) is 0 Å². The number of aliphatic hydroxyl groups excluding tert-OH is 1. The fraction of sp³-hybridized carbons (Fsp3) is 0.118. The molecule has 3 rings (SSSR count). The highest BCUT2D eigenvalue weighted by atomic mass is 19.1. The molecule has 0 radical (unpaired) electrons. The number of ether oxygens (including phenoxy) is 2. The molecule has 1 aromatic heterocycles. The van der Waals surface area contributed by atoms with Crippen LogP contribution in [0.25, 0.3) is 10.9 Å². The Labute approximate surface area is 136 Å². The third-order valence-electron chi connectivity index (χ3n) is 3.21. The monoisotopic (exact) mass is 332 g/mol. The van der Waals surface area contributed by atoms with Gasteiger partial charge in [-0.05, 0) is 25.1 Å². The van der Waals surface area contributed by atoms with E-state index in [4.69, 9.17) is 15.2 Å². The number of nitrogens with zero attached hydrogens (tertiary/aromatic N) is 1. The first kappa shape index (κ1) is 15.9. The molecule has 0 spiro atoms. The van der Waals surface area contributed by atoms with Gasteiger partial charge in [0.25, 0.3) is 0 Å². The molecule has 0 aliphatic carbocycles. The number of nitrogens with two attached hydrogens (primary N) is 1. The molecule has 1 heterocycles. The van der Waals surface area contributed by atoms with Crippen LogP contribution in [0.2, 0.25) is 0 Å². The summed E-state index contributed by atoms with van der Waals surface area (Å²) in [7, 11) is 0. The van der Waals surface area contributed by atoms with Crippen molar-refractivity contribution in [1.29, 1.82) is 0 Å². The highest BCUT2D eigenvalue weighted by molar-refractivity contribution is 5.86. The van der Waals surface area contributed by atoms with Crippen LogP contribution in [0.5, 0.6) is 17.2 Å². The van der Waals surface area contributed by atoms with E-state index in [9.17, 15) is 13.9 Å².